The number of piperidine rings is 1. The Morgan fingerprint density at radius 2 is 2.21 bits per heavy atom. The first-order valence-corrected chi connectivity index (χ1v) is 6.50. The number of aryl methyl sites for hydroxylation is 1. The predicted molar refractivity (Wildman–Crippen MR) is 74.7 cm³/mol. The van der Waals surface area contributed by atoms with Crippen LogP contribution in [0.3, 0.4) is 0 Å². The number of carbonyl (C=O) groups excluding carboxylic acids is 2. The Balaban J connectivity index is 1.95. The molecule has 1 fully saturated rings. The molecule has 0 spiro atoms. The molecule has 19 heavy (non-hydrogen) atoms. The van der Waals surface area contributed by atoms with Crippen LogP contribution in [0.15, 0.2) is 18.2 Å². The van der Waals surface area contributed by atoms with E-state index < -0.39 is 0 Å². The summed E-state index contributed by atoms with van der Waals surface area (Å²) in [5.41, 5.74) is 8.02. The Kier molecular flexibility index (Phi) is 4.04. The number of rotatable bonds is 3. The van der Waals surface area contributed by atoms with Crippen LogP contribution in [0.25, 0.3) is 0 Å². The van der Waals surface area contributed by atoms with Crippen molar-refractivity contribution in [3.8, 4) is 0 Å². The largest absolute Gasteiger partial charge is 0.397 e. The molecular weight excluding hydrogens is 242 g/mol. The van der Waals surface area contributed by atoms with Crippen LogP contribution in [-0.4, -0.2) is 29.8 Å². The SMILES string of the molecule is Cc1ccc(NC(=O)CN2CCCCC2=O)c(N)c1. The highest BCUT2D eigenvalue weighted by molar-refractivity contribution is 5.97. The lowest BCUT2D eigenvalue weighted by molar-refractivity contribution is -0.136. The number of hydrogen-bond acceptors (Lipinski definition) is 3. The predicted octanol–water partition coefficient (Wildman–Crippen LogP) is 1.53. The number of carbonyl (C=O) groups is 2. The van der Waals surface area contributed by atoms with Gasteiger partial charge in [-0.1, -0.05) is 6.07 Å². The Labute approximate surface area is 112 Å². The molecule has 1 heterocycles. The van der Waals surface area contributed by atoms with Gasteiger partial charge in [0.1, 0.15) is 0 Å². The lowest BCUT2D eigenvalue weighted by Gasteiger charge is -2.26. The van der Waals surface area contributed by atoms with Gasteiger partial charge in [0.25, 0.3) is 0 Å². The fourth-order valence-electron chi connectivity index (χ4n) is 2.19. The van der Waals surface area contributed by atoms with E-state index in [1.165, 1.54) is 0 Å². The molecule has 1 saturated heterocycles. The summed E-state index contributed by atoms with van der Waals surface area (Å²) in [5.74, 6) is -0.149. The Morgan fingerprint density at radius 3 is 2.89 bits per heavy atom. The number of hydrogen-bond donors (Lipinski definition) is 2. The molecule has 0 aliphatic carbocycles. The Morgan fingerprint density at radius 1 is 1.42 bits per heavy atom. The summed E-state index contributed by atoms with van der Waals surface area (Å²) in [6, 6.07) is 5.47. The van der Waals surface area contributed by atoms with Crippen LogP contribution in [0, 0.1) is 6.92 Å². The summed E-state index contributed by atoms with van der Waals surface area (Å²) >= 11 is 0. The molecule has 1 aliphatic rings. The average Bonchev–Trinajstić information content (AvgIpc) is 2.36. The van der Waals surface area contributed by atoms with Gasteiger partial charge in [-0.15, -0.1) is 0 Å². The highest BCUT2D eigenvalue weighted by Gasteiger charge is 2.20. The van der Waals surface area contributed by atoms with Gasteiger partial charge in [0.15, 0.2) is 0 Å². The normalized spacial score (nSPS) is 15.4. The lowest BCUT2D eigenvalue weighted by Crippen LogP contribution is -2.40. The number of nitrogen functional groups attached to an aromatic ring is 1. The molecule has 0 unspecified atom stereocenters. The van der Waals surface area contributed by atoms with E-state index in [4.69, 9.17) is 5.73 Å². The fraction of sp³-hybridized carbons (Fsp3) is 0.429. The van der Waals surface area contributed by atoms with Crippen molar-refractivity contribution < 1.29 is 9.59 Å². The third-order valence-corrected chi connectivity index (χ3v) is 3.24. The second kappa shape index (κ2) is 5.73. The van der Waals surface area contributed by atoms with Gasteiger partial charge >= 0.3 is 0 Å². The van der Waals surface area contributed by atoms with Crippen molar-refractivity contribution in [2.75, 3.05) is 24.1 Å². The summed E-state index contributed by atoms with van der Waals surface area (Å²) in [4.78, 5) is 25.1. The lowest BCUT2D eigenvalue weighted by atomic mass is 10.1. The number of nitrogens with one attached hydrogen (secondary N) is 1. The van der Waals surface area contributed by atoms with E-state index in [-0.39, 0.29) is 18.4 Å². The molecule has 1 aliphatic heterocycles. The summed E-state index contributed by atoms with van der Waals surface area (Å²) < 4.78 is 0. The van der Waals surface area contributed by atoms with E-state index >= 15 is 0 Å². The van der Waals surface area contributed by atoms with Crippen LogP contribution in [0.1, 0.15) is 24.8 Å². The van der Waals surface area contributed by atoms with Crippen molar-refractivity contribution in [2.24, 2.45) is 0 Å². The molecule has 0 radical (unpaired) electrons. The topological polar surface area (TPSA) is 75.4 Å². The monoisotopic (exact) mass is 261 g/mol. The molecule has 3 N–H and O–H groups in total. The maximum Gasteiger partial charge on any atom is 0.244 e. The first kappa shape index (κ1) is 13.4. The molecule has 0 saturated carbocycles. The number of benzene rings is 1. The molecule has 1 aromatic rings. The molecule has 0 bridgehead atoms. The molecule has 0 aromatic heterocycles. The average molecular weight is 261 g/mol. The first-order valence-electron chi connectivity index (χ1n) is 6.50. The second-order valence-electron chi connectivity index (χ2n) is 4.91. The molecule has 5 nitrogen and oxygen atoms in total. The van der Waals surface area contributed by atoms with E-state index in [0.717, 1.165) is 18.4 Å². The molecule has 5 heteroatoms. The van der Waals surface area contributed by atoms with Crippen LogP contribution in [-0.2, 0) is 9.59 Å². The van der Waals surface area contributed by atoms with E-state index in [2.05, 4.69) is 5.32 Å². The van der Waals surface area contributed by atoms with Crippen molar-refractivity contribution in [2.45, 2.75) is 26.2 Å². The van der Waals surface area contributed by atoms with E-state index in [0.29, 0.717) is 24.3 Å². The van der Waals surface area contributed by atoms with Crippen molar-refractivity contribution in [1.29, 1.82) is 0 Å². The van der Waals surface area contributed by atoms with Crippen LogP contribution < -0.4 is 11.1 Å². The van der Waals surface area contributed by atoms with Crippen molar-refractivity contribution in [3.63, 3.8) is 0 Å². The molecule has 2 rings (SSSR count). The van der Waals surface area contributed by atoms with Gasteiger partial charge < -0.3 is 16.0 Å². The van der Waals surface area contributed by atoms with Gasteiger partial charge in [-0.05, 0) is 37.5 Å². The van der Waals surface area contributed by atoms with E-state index in [1.54, 1.807) is 11.0 Å². The van der Waals surface area contributed by atoms with Crippen LogP contribution in [0.5, 0.6) is 0 Å². The minimum absolute atomic E-state index is 0.0540. The van der Waals surface area contributed by atoms with Crippen molar-refractivity contribution in [3.05, 3.63) is 23.8 Å². The van der Waals surface area contributed by atoms with Gasteiger partial charge in [-0.3, -0.25) is 9.59 Å². The van der Waals surface area contributed by atoms with E-state index in [9.17, 15) is 9.59 Å². The standard InChI is InChI=1S/C14H19N3O2/c1-10-5-6-12(11(15)8-10)16-13(18)9-17-7-3-2-4-14(17)19/h5-6,8H,2-4,7,9,15H2,1H3,(H,16,18). The van der Waals surface area contributed by atoms with Gasteiger partial charge in [0.05, 0.1) is 17.9 Å². The minimum atomic E-state index is -0.203. The maximum absolute atomic E-state index is 11.9. The third kappa shape index (κ3) is 3.47. The number of amides is 2. The summed E-state index contributed by atoms with van der Waals surface area (Å²) in [6.45, 7) is 2.70. The van der Waals surface area contributed by atoms with Crippen LogP contribution >= 0.6 is 0 Å². The zero-order chi connectivity index (χ0) is 13.8. The number of nitrogens with two attached hydrogens (primary N) is 1. The highest BCUT2D eigenvalue weighted by atomic mass is 16.2. The molecule has 2 amide bonds. The third-order valence-electron chi connectivity index (χ3n) is 3.24. The zero-order valence-corrected chi connectivity index (χ0v) is 11.1. The van der Waals surface area contributed by atoms with E-state index in [1.807, 2.05) is 19.1 Å². The summed E-state index contributed by atoms with van der Waals surface area (Å²) in [5, 5.41) is 2.75. The van der Waals surface area contributed by atoms with Gasteiger partial charge in [0.2, 0.25) is 11.8 Å². The molecule has 1 aromatic carbocycles. The van der Waals surface area contributed by atoms with Crippen molar-refractivity contribution >= 4 is 23.2 Å². The van der Waals surface area contributed by atoms with Gasteiger partial charge in [-0.2, -0.15) is 0 Å². The zero-order valence-electron chi connectivity index (χ0n) is 11.1. The first-order chi connectivity index (χ1) is 9.06. The molecule has 102 valence electrons. The Bertz CT molecular complexity index is 499. The number of nitrogens with zero attached hydrogens (tertiary/aromatic N) is 1. The van der Waals surface area contributed by atoms with Gasteiger partial charge in [0, 0.05) is 13.0 Å². The number of likely N-dealkylation sites (tertiary alicyclic amines) is 1. The van der Waals surface area contributed by atoms with Crippen LogP contribution in [0.4, 0.5) is 11.4 Å². The fourth-order valence-corrected chi connectivity index (χ4v) is 2.19. The minimum Gasteiger partial charge on any atom is -0.397 e. The Hall–Kier alpha value is -2.04. The quantitative estimate of drug-likeness (QED) is 0.810. The maximum atomic E-state index is 11.9. The van der Waals surface area contributed by atoms with Crippen molar-refractivity contribution in [1.82, 2.24) is 4.90 Å². The smallest absolute Gasteiger partial charge is 0.244 e. The molecule has 0 atom stereocenters. The second-order valence-corrected chi connectivity index (χ2v) is 4.91. The van der Waals surface area contributed by atoms with Gasteiger partial charge in [-0.25, -0.2) is 0 Å². The summed E-state index contributed by atoms with van der Waals surface area (Å²) in [7, 11) is 0. The highest BCUT2D eigenvalue weighted by Crippen LogP contribution is 2.19. The molecular formula is C14H19N3O2. The number of anilines is 2. The van der Waals surface area contributed by atoms with Crippen LogP contribution in [0.2, 0.25) is 0 Å². The summed E-state index contributed by atoms with van der Waals surface area (Å²) in [6.07, 6.45) is 2.42.